The first-order chi connectivity index (χ1) is 4.16. The van der Waals surface area contributed by atoms with Crippen LogP contribution in [0.5, 0.6) is 0 Å². The summed E-state index contributed by atoms with van der Waals surface area (Å²) in [6, 6.07) is 0.164. The van der Waals surface area contributed by atoms with Gasteiger partial charge in [-0.3, -0.25) is 10.0 Å². The van der Waals surface area contributed by atoms with Crippen molar-refractivity contribution in [2.45, 2.75) is 19.9 Å². The molecule has 3 N–H and O–H groups in total. The Hall–Kier alpha value is -0.200. The molecule has 0 amide bonds. The molecule has 0 spiro atoms. The molecule has 0 aliphatic heterocycles. The van der Waals surface area contributed by atoms with Crippen molar-refractivity contribution in [2.75, 3.05) is 7.11 Å². The van der Waals surface area contributed by atoms with Crippen LogP contribution in [0.4, 0.5) is 0 Å². The van der Waals surface area contributed by atoms with Crippen molar-refractivity contribution in [1.29, 1.82) is 0 Å². The minimum absolute atomic E-state index is 0.164. The molecule has 0 rings (SSSR count). The molecule has 0 aromatic heterocycles. The SMILES string of the molecule is CONN(O)NC(C)C. The van der Waals surface area contributed by atoms with Crippen molar-refractivity contribution in [3.05, 3.63) is 0 Å². The molecule has 0 aliphatic carbocycles. The van der Waals surface area contributed by atoms with E-state index in [0.29, 0.717) is 5.28 Å². The van der Waals surface area contributed by atoms with Crippen LogP contribution in [0.15, 0.2) is 0 Å². The van der Waals surface area contributed by atoms with E-state index in [-0.39, 0.29) is 6.04 Å². The molecule has 0 aromatic rings. The summed E-state index contributed by atoms with van der Waals surface area (Å²) in [5.74, 6) is 0. The van der Waals surface area contributed by atoms with Crippen LogP contribution >= 0.6 is 0 Å². The molecule has 0 saturated heterocycles. The highest BCUT2D eigenvalue weighted by molar-refractivity contribution is 4.40. The quantitative estimate of drug-likeness (QED) is 0.460. The fraction of sp³-hybridized carbons (Fsp3) is 1.00. The fourth-order valence-electron chi connectivity index (χ4n) is 0.357. The predicted molar refractivity (Wildman–Crippen MR) is 32.0 cm³/mol. The van der Waals surface area contributed by atoms with Gasteiger partial charge >= 0.3 is 0 Å². The van der Waals surface area contributed by atoms with Crippen LogP contribution in [0.3, 0.4) is 0 Å². The van der Waals surface area contributed by atoms with Crippen LogP contribution in [-0.4, -0.2) is 23.6 Å². The molecular weight excluding hydrogens is 122 g/mol. The summed E-state index contributed by atoms with van der Waals surface area (Å²) in [7, 11) is 1.41. The molecule has 5 heteroatoms. The van der Waals surface area contributed by atoms with Gasteiger partial charge < -0.3 is 0 Å². The highest BCUT2D eigenvalue weighted by Crippen LogP contribution is 1.75. The van der Waals surface area contributed by atoms with Gasteiger partial charge in [-0.05, 0) is 19.1 Å². The predicted octanol–water partition coefficient (Wildman–Crippen LogP) is -0.343. The second-order valence-electron chi connectivity index (χ2n) is 1.89. The Morgan fingerprint density at radius 3 is 2.44 bits per heavy atom. The molecule has 0 saturated carbocycles. The second-order valence-corrected chi connectivity index (χ2v) is 1.89. The maximum Gasteiger partial charge on any atom is 0.0590 e. The molecule has 0 aromatic carbocycles. The zero-order valence-corrected chi connectivity index (χ0v) is 5.88. The first-order valence-electron chi connectivity index (χ1n) is 2.70. The monoisotopic (exact) mass is 135 g/mol. The largest absolute Gasteiger partial charge is 0.287 e. The lowest BCUT2D eigenvalue weighted by Gasteiger charge is -2.16. The summed E-state index contributed by atoms with van der Waals surface area (Å²) in [5, 5.41) is 9.36. The van der Waals surface area contributed by atoms with Gasteiger partial charge in [-0.15, -0.1) is 0 Å². The van der Waals surface area contributed by atoms with Gasteiger partial charge in [-0.25, -0.2) is 5.43 Å². The first-order valence-corrected chi connectivity index (χ1v) is 2.70. The molecule has 0 aliphatic rings. The van der Waals surface area contributed by atoms with Crippen molar-refractivity contribution >= 4 is 0 Å². The molecular formula is C4H13N3O2. The van der Waals surface area contributed by atoms with Crippen molar-refractivity contribution in [1.82, 2.24) is 16.3 Å². The van der Waals surface area contributed by atoms with Crippen molar-refractivity contribution in [3.63, 3.8) is 0 Å². The summed E-state index contributed by atoms with van der Waals surface area (Å²) in [6.07, 6.45) is 0. The summed E-state index contributed by atoms with van der Waals surface area (Å²) < 4.78 is 0. The van der Waals surface area contributed by atoms with E-state index in [1.54, 1.807) is 0 Å². The van der Waals surface area contributed by atoms with Gasteiger partial charge in [0.1, 0.15) is 0 Å². The molecule has 5 nitrogen and oxygen atoms in total. The number of hydrogen-bond donors (Lipinski definition) is 3. The number of rotatable bonds is 4. The van der Waals surface area contributed by atoms with Crippen LogP contribution in [0.2, 0.25) is 0 Å². The average molecular weight is 135 g/mol. The standard InChI is InChI=1S/C4H13N3O2/c1-4(2)5-7(8)6-9-3/h4-6,8H,1-3H3. The van der Waals surface area contributed by atoms with Crippen LogP contribution in [0, 0.1) is 0 Å². The van der Waals surface area contributed by atoms with E-state index in [2.05, 4.69) is 15.9 Å². The molecule has 0 heterocycles. The Morgan fingerprint density at radius 2 is 2.11 bits per heavy atom. The van der Waals surface area contributed by atoms with E-state index in [1.807, 2.05) is 13.8 Å². The Kier molecular flexibility index (Phi) is 4.55. The van der Waals surface area contributed by atoms with Gasteiger partial charge in [0.25, 0.3) is 0 Å². The topological polar surface area (TPSA) is 56.8 Å². The molecule has 9 heavy (non-hydrogen) atoms. The zero-order chi connectivity index (χ0) is 7.28. The van der Waals surface area contributed by atoms with Gasteiger partial charge in [0.05, 0.1) is 7.11 Å². The van der Waals surface area contributed by atoms with E-state index in [1.165, 1.54) is 7.11 Å². The first kappa shape index (κ1) is 8.80. The van der Waals surface area contributed by atoms with E-state index in [9.17, 15) is 0 Å². The summed E-state index contributed by atoms with van der Waals surface area (Å²) >= 11 is 0. The number of hydrogen-bond acceptors (Lipinski definition) is 5. The third kappa shape index (κ3) is 5.67. The van der Waals surface area contributed by atoms with Crippen LogP contribution in [0.1, 0.15) is 13.8 Å². The summed E-state index contributed by atoms with van der Waals surface area (Å²) in [5.41, 5.74) is 4.75. The Labute approximate surface area is 54.4 Å². The molecule has 0 fully saturated rings. The van der Waals surface area contributed by atoms with Crippen molar-refractivity contribution in [3.8, 4) is 0 Å². The summed E-state index contributed by atoms with van der Waals surface area (Å²) in [6.45, 7) is 3.78. The van der Waals surface area contributed by atoms with E-state index < -0.39 is 0 Å². The van der Waals surface area contributed by atoms with Crippen molar-refractivity contribution < 1.29 is 10.0 Å². The fourth-order valence-corrected chi connectivity index (χ4v) is 0.357. The van der Waals surface area contributed by atoms with E-state index in [4.69, 9.17) is 5.21 Å². The smallest absolute Gasteiger partial charge is 0.0590 e. The third-order valence-electron chi connectivity index (χ3n) is 0.558. The third-order valence-corrected chi connectivity index (χ3v) is 0.558. The van der Waals surface area contributed by atoms with Gasteiger partial charge in [0, 0.05) is 6.04 Å². The molecule has 0 radical (unpaired) electrons. The molecule has 0 bridgehead atoms. The highest BCUT2D eigenvalue weighted by atomic mass is 16.8. The van der Waals surface area contributed by atoms with Gasteiger partial charge in [-0.2, -0.15) is 0 Å². The van der Waals surface area contributed by atoms with Crippen LogP contribution < -0.4 is 11.0 Å². The molecule has 56 valence electrons. The lowest BCUT2D eigenvalue weighted by atomic mass is 10.4. The van der Waals surface area contributed by atoms with E-state index >= 15 is 0 Å². The van der Waals surface area contributed by atoms with Gasteiger partial charge in [-0.1, -0.05) is 5.59 Å². The van der Waals surface area contributed by atoms with Crippen LogP contribution in [-0.2, 0) is 4.84 Å². The minimum Gasteiger partial charge on any atom is -0.287 e. The van der Waals surface area contributed by atoms with Gasteiger partial charge in [0.2, 0.25) is 0 Å². The number of hydrazine groups is 2. The lowest BCUT2D eigenvalue weighted by molar-refractivity contribution is -0.265. The van der Waals surface area contributed by atoms with Gasteiger partial charge in [0.15, 0.2) is 0 Å². The lowest BCUT2D eigenvalue weighted by Crippen LogP contribution is -2.48. The Balaban J connectivity index is 3.15. The Bertz CT molecular complexity index is 68.8. The van der Waals surface area contributed by atoms with Crippen molar-refractivity contribution in [2.24, 2.45) is 0 Å². The highest BCUT2D eigenvalue weighted by Gasteiger charge is 1.97. The average Bonchev–Trinajstić information content (AvgIpc) is 1.63. The summed E-state index contributed by atoms with van der Waals surface area (Å²) in [4.78, 5) is 4.37. The van der Waals surface area contributed by atoms with E-state index in [0.717, 1.165) is 0 Å². The van der Waals surface area contributed by atoms with Crippen LogP contribution in [0.25, 0.3) is 0 Å². The minimum atomic E-state index is 0.164. The zero-order valence-electron chi connectivity index (χ0n) is 5.88. The number of nitrogens with zero attached hydrogens (tertiary/aromatic N) is 1. The number of nitrogens with one attached hydrogen (secondary N) is 2. The Morgan fingerprint density at radius 1 is 1.56 bits per heavy atom. The molecule has 0 atom stereocenters. The second kappa shape index (κ2) is 4.66. The molecule has 0 unspecified atom stereocenters. The maximum atomic E-state index is 8.71. The maximum absolute atomic E-state index is 8.71. The normalized spacial score (nSPS) is 11.3.